The smallest absolute Gasteiger partial charge is 0.243 e. The van der Waals surface area contributed by atoms with Gasteiger partial charge in [-0.3, -0.25) is 9.69 Å². The first-order valence-electron chi connectivity index (χ1n) is 10.1. The van der Waals surface area contributed by atoms with Gasteiger partial charge in [-0.15, -0.1) is 0 Å². The number of nitrogens with zero attached hydrogens (tertiary/aromatic N) is 3. The largest absolute Gasteiger partial charge is 0.339 e. The Morgan fingerprint density at radius 3 is 2.30 bits per heavy atom. The SMILES string of the molecule is O=C(C1CCCCN1S(=O)(=O)c1ccccc1)N1CCN(CC2CC2)CC1. The standard InChI is InChI=1S/C20H29N3O3S/c24-20(22-14-12-21(13-15-22)16-17-9-10-17)19-8-4-5-11-23(19)27(25,26)18-6-2-1-3-7-18/h1-3,6-7,17,19H,4-5,8-16H2. The number of hydrogen-bond acceptors (Lipinski definition) is 4. The molecule has 3 fully saturated rings. The van der Waals surface area contributed by atoms with Gasteiger partial charge in [0.25, 0.3) is 0 Å². The molecule has 7 heteroatoms. The van der Waals surface area contributed by atoms with Crippen LogP contribution in [0.25, 0.3) is 0 Å². The van der Waals surface area contributed by atoms with E-state index < -0.39 is 16.1 Å². The highest BCUT2D eigenvalue weighted by atomic mass is 32.2. The number of amides is 1. The number of piperazine rings is 1. The molecule has 2 heterocycles. The summed E-state index contributed by atoms with van der Waals surface area (Å²) in [5.41, 5.74) is 0. The quantitative estimate of drug-likeness (QED) is 0.768. The molecule has 1 saturated carbocycles. The third kappa shape index (κ3) is 4.20. The minimum absolute atomic E-state index is 0.0136. The molecule has 0 aromatic heterocycles. The fourth-order valence-electron chi connectivity index (χ4n) is 4.19. The maximum absolute atomic E-state index is 13.2. The average molecular weight is 392 g/mol. The minimum atomic E-state index is -3.64. The molecular weight excluding hydrogens is 362 g/mol. The maximum Gasteiger partial charge on any atom is 0.243 e. The van der Waals surface area contributed by atoms with Gasteiger partial charge in [-0.2, -0.15) is 4.31 Å². The third-order valence-electron chi connectivity index (χ3n) is 5.99. The second kappa shape index (κ2) is 7.89. The Morgan fingerprint density at radius 1 is 0.926 bits per heavy atom. The molecular formula is C20H29N3O3S. The van der Waals surface area contributed by atoms with Crippen LogP contribution in [0.2, 0.25) is 0 Å². The van der Waals surface area contributed by atoms with E-state index in [1.54, 1.807) is 30.3 Å². The van der Waals surface area contributed by atoms with Crippen molar-refractivity contribution in [1.82, 2.24) is 14.1 Å². The molecule has 3 aliphatic rings. The fourth-order valence-corrected chi connectivity index (χ4v) is 5.87. The van der Waals surface area contributed by atoms with Crippen molar-refractivity contribution in [3.05, 3.63) is 30.3 Å². The Kier molecular flexibility index (Phi) is 5.53. The molecule has 1 aromatic carbocycles. The van der Waals surface area contributed by atoms with E-state index in [1.165, 1.54) is 17.1 Å². The Labute approximate surface area is 162 Å². The lowest BCUT2D eigenvalue weighted by Crippen LogP contribution is -2.57. The molecule has 0 spiro atoms. The molecule has 1 amide bonds. The van der Waals surface area contributed by atoms with E-state index >= 15 is 0 Å². The van der Waals surface area contributed by atoms with Crippen LogP contribution in [0.3, 0.4) is 0 Å². The highest BCUT2D eigenvalue weighted by molar-refractivity contribution is 7.89. The summed E-state index contributed by atoms with van der Waals surface area (Å²) < 4.78 is 27.7. The Balaban J connectivity index is 1.45. The van der Waals surface area contributed by atoms with E-state index in [0.29, 0.717) is 26.1 Å². The van der Waals surface area contributed by atoms with E-state index in [2.05, 4.69) is 4.90 Å². The van der Waals surface area contributed by atoms with Gasteiger partial charge in [0.2, 0.25) is 15.9 Å². The van der Waals surface area contributed by atoms with E-state index in [9.17, 15) is 13.2 Å². The predicted molar refractivity (Wildman–Crippen MR) is 104 cm³/mol. The minimum Gasteiger partial charge on any atom is -0.339 e. The predicted octanol–water partition coefficient (Wildman–Crippen LogP) is 1.78. The Bertz CT molecular complexity index is 756. The number of benzene rings is 1. The third-order valence-corrected chi connectivity index (χ3v) is 7.91. The first-order valence-corrected chi connectivity index (χ1v) is 11.6. The van der Waals surface area contributed by atoms with Crippen molar-refractivity contribution < 1.29 is 13.2 Å². The molecule has 2 aliphatic heterocycles. The zero-order chi connectivity index (χ0) is 18.9. The average Bonchev–Trinajstić information content (AvgIpc) is 3.53. The summed E-state index contributed by atoms with van der Waals surface area (Å²) in [6.07, 6.45) is 5.01. The highest BCUT2D eigenvalue weighted by Crippen LogP contribution is 2.30. The van der Waals surface area contributed by atoms with Gasteiger partial charge in [-0.1, -0.05) is 24.6 Å². The van der Waals surface area contributed by atoms with Crippen molar-refractivity contribution >= 4 is 15.9 Å². The molecule has 1 atom stereocenters. The zero-order valence-electron chi connectivity index (χ0n) is 15.8. The Morgan fingerprint density at radius 2 is 1.63 bits per heavy atom. The molecule has 0 N–H and O–H groups in total. The first-order chi connectivity index (χ1) is 13.1. The zero-order valence-corrected chi connectivity index (χ0v) is 16.6. The normalized spacial score (nSPS) is 25.5. The summed E-state index contributed by atoms with van der Waals surface area (Å²) in [5.74, 6) is 0.845. The van der Waals surface area contributed by atoms with Crippen LogP contribution < -0.4 is 0 Å². The van der Waals surface area contributed by atoms with Crippen LogP contribution in [0, 0.1) is 5.92 Å². The maximum atomic E-state index is 13.2. The van der Waals surface area contributed by atoms with Crippen molar-refractivity contribution in [2.75, 3.05) is 39.3 Å². The van der Waals surface area contributed by atoms with Crippen LogP contribution >= 0.6 is 0 Å². The number of piperidine rings is 1. The van der Waals surface area contributed by atoms with E-state index in [4.69, 9.17) is 0 Å². The molecule has 1 aromatic rings. The number of rotatable bonds is 5. The first kappa shape index (κ1) is 18.9. The van der Waals surface area contributed by atoms with Crippen LogP contribution in [-0.2, 0) is 14.8 Å². The lowest BCUT2D eigenvalue weighted by molar-refractivity contribution is -0.138. The highest BCUT2D eigenvalue weighted by Gasteiger charge is 2.40. The molecule has 27 heavy (non-hydrogen) atoms. The summed E-state index contributed by atoms with van der Waals surface area (Å²) in [6.45, 7) is 4.80. The number of carbonyl (C=O) groups excluding carboxylic acids is 1. The molecule has 148 valence electrons. The number of sulfonamides is 1. The summed E-state index contributed by atoms with van der Waals surface area (Å²) in [5, 5.41) is 0. The molecule has 2 saturated heterocycles. The van der Waals surface area contributed by atoms with Gasteiger partial charge >= 0.3 is 0 Å². The van der Waals surface area contributed by atoms with Crippen LogP contribution in [0.4, 0.5) is 0 Å². The van der Waals surface area contributed by atoms with Crippen LogP contribution in [-0.4, -0.2) is 73.7 Å². The summed E-state index contributed by atoms with van der Waals surface area (Å²) in [6, 6.07) is 7.93. The van der Waals surface area contributed by atoms with E-state index in [1.807, 2.05) is 4.90 Å². The topological polar surface area (TPSA) is 60.9 Å². The number of hydrogen-bond donors (Lipinski definition) is 0. The van der Waals surface area contributed by atoms with Crippen molar-refractivity contribution in [2.24, 2.45) is 5.92 Å². The van der Waals surface area contributed by atoms with Gasteiger partial charge in [0, 0.05) is 39.3 Å². The Hall–Kier alpha value is -1.44. The summed E-state index contributed by atoms with van der Waals surface area (Å²) in [7, 11) is -3.64. The van der Waals surface area contributed by atoms with Gasteiger partial charge < -0.3 is 4.90 Å². The lowest BCUT2D eigenvalue weighted by Gasteiger charge is -2.40. The van der Waals surface area contributed by atoms with Crippen molar-refractivity contribution in [2.45, 2.75) is 43.0 Å². The summed E-state index contributed by atoms with van der Waals surface area (Å²) >= 11 is 0. The van der Waals surface area contributed by atoms with Gasteiger partial charge in [-0.25, -0.2) is 8.42 Å². The fraction of sp³-hybridized carbons (Fsp3) is 0.650. The lowest BCUT2D eigenvalue weighted by atomic mass is 10.0. The van der Waals surface area contributed by atoms with E-state index in [0.717, 1.165) is 38.4 Å². The van der Waals surface area contributed by atoms with Crippen molar-refractivity contribution in [3.8, 4) is 0 Å². The van der Waals surface area contributed by atoms with Crippen LogP contribution in [0.5, 0.6) is 0 Å². The second-order valence-electron chi connectivity index (χ2n) is 8.01. The van der Waals surface area contributed by atoms with Gasteiger partial charge in [0.05, 0.1) is 4.90 Å². The molecule has 4 rings (SSSR count). The van der Waals surface area contributed by atoms with Crippen molar-refractivity contribution in [1.29, 1.82) is 0 Å². The molecule has 6 nitrogen and oxygen atoms in total. The monoisotopic (exact) mass is 391 g/mol. The number of carbonyl (C=O) groups is 1. The second-order valence-corrected chi connectivity index (χ2v) is 9.90. The van der Waals surface area contributed by atoms with Crippen LogP contribution in [0.1, 0.15) is 32.1 Å². The molecule has 0 bridgehead atoms. The van der Waals surface area contributed by atoms with Crippen LogP contribution in [0.15, 0.2) is 35.2 Å². The molecule has 1 aliphatic carbocycles. The molecule has 0 radical (unpaired) electrons. The van der Waals surface area contributed by atoms with Gasteiger partial charge in [0.15, 0.2) is 0 Å². The van der Waals surface area contributed by atoms with E-state index in [-0.39, 0.29) is 10.8 Å². The molecule has 1 unspecified atom stereocenters. The summed E-state index contributed by atoms with van der Waals surface area (Å²) in [4.78, 5) is 17.8. The van der Waals surface area contributed by atoms with Crippen molar-refractivity contribution in [3.63, 3.8) is 0 Å². The van der Waals surface area contributed by atoms with Gasteiger partial charge in [0.1, 0.15) is 6.04 Å². The van der Waals surface area contributed by atoms with Gasteiger partial charge in [-0.05, 0) is 43.7 Å².